The van der Waals surface area contributed by atoms with E-state index < -0.39 is 0 Å². The van der Waals surface area contributed by atoms with Crippen LogP contribution in [0.15, 0.2) is 23.3 Å². The van der Waals surface area contributed by atoms with E-state index in [0.717, 1.165) is 37.5 Å². The van der Waals surface area contributed by atoms with Crippen LogP contribution in [0.1, 0.15) is 26.7 Å². The number of likely N-dealkylation sites (tertiary alicyclic amines) is 1. The van der Waals surface area contributed by atoms with Gasteiger partial charge in [-0.2, -0.15) is 0 Å². The number of pyridine rings is 1. The number of halogens is 1. The molecule has 0 aromatic carbocycles. The average Bonchev–Trinajstić information content (AvgIpc) is 3.05. The van der Waals surface area contributed by atoms with Gasteiger partial charge in [0.15, 0.2) is 0 Å². The van der Waals surface area contributed by atoms with Crippen LogP contribution in [0.4, 0.5) is 0 Å². The number of nitrogens with zero attached hydrogens (tertiary/aromatic N) is 3. The Bertz CT molecular complexity index is 542. The van der Waals surface area contributed by atoms with Crippen LogP contribution in [0.2, 0.25) is 5.15 Å². The van der Waals surface area contributed by atoms with Crippen LogP contribution in [0.5, 0.6) is 5.75 Å². The van der Waals surface area contributed by atoms with Gasteiger partial charge >= 0.3 is 0 Å². The van der Waals surface area contributed by atoms with E-state index in [4.69, 9.17) is 21.2 Å². The molecule has 2 aliphatic rings. The highest BCUT2D eigenvalue weighted by molar-refractivity contribution is 6.29. The normalized spacial score (nSPS) is 23.0. The molecule has 1 fully saturated rings. The Morgan fingerprint density at radius 1 is 1.39 bits per heavy atom. The van der Waals surface area contributed by atoms with Crippen LogP contribution >= 0.6 is 11.6 Å². The van der Waals surface area contributed by atoms with Crippen molar-refractivity contribution in [1.82, 2.24) is 15.4 Å². The van der Waals surface area contributed by atoms with Gasteiger partial charge < -0.3 is 4.74 Å². The first kappa shape index (κ1) is 16.5. The maximum absolute atomic E-state index is 5.80. The van der Waals surface area contributed by atoms with E-state index in [1.54, 1.807) is 12.3 Å². The maximum atomic E-state index is 5.80. The molecule has 0 bridgehead atoms. The van der Waals surface area contributed by atoms with Gasteiger partial charge in [0.05, 0.1) is 12.8 Å². The quantitative estimate of drug-likeness (QED) is 0.836. The van der Waals surface area contributed by atoms with Crippen molar-refractivity contribution in [2.75, 3.05) is 19.7 Å². The Kier molecular flexibility index (Phi) is 5.35. The second-order valence-electron chi connectivity index (χ2n) is 6.32. The highest BCUT2D eigenvalue weighted by atomic mass is 35.5. The second kappa shape index (κ2) is 7.47. The zero-order valence-corrected chi connectivity index (χ0v) is 14.3. The SMILES string of the molecule is CC(C)C1=NC(N2CCC(COc3ccc(Cl)nc3)CC2)ON1. The lowest BCUT2D eigenvalue weighted by atomic mass is 9.98. The molecule has 0 radical (unpaired) electrons. The fraction of sp³-hybridized carbons (Fsp3) is 0.625. The number of rotatable bonds is 5. The van der Waals surface area contributed by atoms with E-state index in [0.29, 0.717) is 23.6 Å². The first-order chi connectivity index (χ1) is 11.1. The zero-order valence-electron chi connectivity index (χ0n) is 13.5. The van der Waals surface area contributed by atoms with E-state index in [-0.39, 0.29) is 6.35 Å². The molecule has 0 amide bonds. The van der Waals surface area contributed by atoms with Crippen molar-refractivity contribution >= 4 is 17.4 Å². The summed E-state index contributed by atoms with van der Waals surface area (Å²) >= 11 is 5.77. The zero-order chi connectivity index (χ0) is 16.2. The molecule has 1 N–H and O–H groups in total. The second-order valence-corrected chi connectivity index (χ2v) is 6.71. The molecule has 6 nitrogen and oxygen atoms in total. The largest absolute Gasteiger partial charge is 0.492 e. The van der Waals surface area contributed by atoms with Crippen LogP contribution < -0.4 is 10.2 Å². The number of aliphatic imine (C=N–C) groups is 1. The summed E-state index contributed by atoms with van der Waals surface area (Å²) in [6.07, 6.45) is 3.63. The van der Waals surface area contributed by atoms with Gasteiger partial charge in [-0.25, -0.2) is 20.3 Å². The molecule has 1 saturated heterocycles. The first-order valence-electron chi connectivity index (χ1n) is 8.09. The first-order valence-corrected chi connectivity index (χ1v) is 8.47. The minimum atomic E-state index is -0.185. The molecule has 1 unspecified atom stereocenters. The third kappa shape index (κ3) is 4.34. The van der Waals surface area contributed by atoms with E-state index in [1.165, 1.54) is 0 Å². The third-order valence-corrected chi connectivity index (χ3v) is 4.44. The van der Waals surface area contributed by atoms with Crippen LogP contribution in [-0.4, -0.2) is 41.8 Å². The van der Waals surface area contributed by atoms with Gasteiger partial charge in [0.25, 0.3) is 0 Å². The number of amidine groups is 1. The Hall–Kier alpha value is -1.37. The van der Waals surface area contributed by atoms with Crippen LogP contribution in [-0.2, 0) is 4.84 Å². The number of ether oxygens (including phenoxy) is 1. The van der Waals surface area contributed by atoms with Crippen molar-refractivity contribution in [1.29, 1.82) is 0 Å². The molecule has 3 rings (SSSR count). The summed E-state index contributed by atoms with van der Waals surface area (Å²) in [6.45, 7) is 6.85. The highest BCUT2D eigenvalue weighted by Crippen LogP contribution is 2.23. The van der Waals surface area contributed by atoms with Gasteiger partial charge in [0, 0.05) is 19.0 Å². The third-order valence-electron chi connectivity index (χ3n) is 4.21. The lowest BCUT2D eigenvalue weighted by Crippen LogP contribution is -2.42. The number of piperidine rings is 1. The van der Waals surface area contributed by atoms with Gasteiger partial charge in [-0.15, -0.1) is 0 Å². The van der Waals surface area contributed by atoms with E-state index in [1.807, 2.05) is 6.07 Å². The summed E-state index contributed by atoms with van der Waals surface area (Å²) in [7, 11) is 0. The molecule has 126 valence electrons. The lowest BCUT2D eigenvalue weighted by Gasteiger charge is -2.33. The summed E-state index contributed by atoms with van der Waals surface area (Å²) < 4.78 is 5.80. The fourth-order valence-corrected chi connectivity index (χ4v) is 2.82. The van der Waals surface area contributed by atoms with E-state index >= 15 is 0 Å². The van der Waals surface area contributed by atoms with Crippen molar-refractivity contribution in [3.63, 3.8) is 0 Å². The summed E-state index contributed by atoms with van der Waals surface area (Å²) in [5, 5.41) is 0.483. The molecule has 3 heterocycles. The van der Waals surface area contributed by atoms with Crippen molar-refractivity contribution < 1.29 is 9.57 Å². The fourth-order valence-electron chi connectivity index (χ4n) is 2.71. The molecule has 7 heteroatoms. The summed E-state index contributed by atoms with van der Waals surface area (Å²) in [4.78, 5) is 16.4. The van der Waals surface area contributed by atoms with Crippen molar-refractivity contribution in [2.45, 2.75) is 33.0 Å². The number of hydrogen-bond acceptors (Lipinski definition) is 6. The van der Waals surface area contributed by atoms with E-state index in [2.05, 4.69) is 34.2 Å². The predicted octanol–water partition coefficient (Wildman–Crippen LogP) is 2.70. The minimum Gasteiger partial charge on any atom is -0.492 e. The molecule has 1 atom stereocenters. The smallest absolute Gasteiger partial charge is 0.233 e. The highest BCUT2D eigenvalue weighted by Gasteiger charge is 2.29. The lowest BCUT2D eigenvalue weighted by molar-refractivity contribution is -0.0787. The summed E-state index contributed by atoms with van der Waals surface area (Å²) in [5.41, 5.74) is 2.93. The summed E-state index contributed by atoms with van der Waals surface area (Å²) in [6, 6.07) is 3.60. The Balaban J connectivity index is 1.43. The van der Waals surface area contributed by atoms with Crippen LogP contribution in [0.3, 0.4) is 0 Å². The van der Waals surface area contributed by atoms with Gasteiger partial charge in [0.2, 0.25) is 6.35 Å². The van der Waals surface area contributed by atoms with Gasteiger partial charge in [-0.3, -0.25) is 4.90 Å². The maximum Gasteiger partial charge on any atom is 0.233 e. The predicted molar refractivity (Wildman–Crippen MR) is 89.3 cm³/mol. The molecule has 1 aromatic rings. The minimum absolute atomic E-state index is 0.185. The number of nitrogens with one attached hydrogen (secondary N) is 1. The molecule has 2 aliphatic heterocycles. The van der Waals surface area contributed by atoms with Crippen LogP contribution in [0.25, 0.3) is 0 Å². The molecule has 23 heavy (non-hydrogen) atoms. The van der Waals surface area contributed by atoms with Crippen molar-refractivity contribution in [3.8, 4) is 5.75 Å². The van der Waals surface area contributed by atoms with Gasteiger partial charge in [0.1, 0.15) is 16.7 Å². The molecule has 1 aromatic heterocycles. The Morgan fingerprint density at radius 3 is 2.78 bits per heavy atom. The number of aromatic nitrogens is 1. The molecule has 0 spiro atoms. The van der Waals surface area contributed by atoms with Gasteiger partial charge in [-0.1, -0.05) is 25.4 Å². The van der Waals surface area contributed by atoms with E-state index in [9.17, 15) is 0 Å². The molecule has 0 aliphatic carbocycles. The van der Waals surface area contributed by atoms with Crippen molar-refractivity contribution in [2.24, 2.45) is 16.8 Å². The molecular formula is C16H23ClN4O2. The molecule has 0 saturated carbocycles. The average molecular weight is 339 g/mol. The summed E-state index contributed by atoms with van der Waals surface area (Å²) in [5.74, 6) is 2.60. The van der Waals surface area contributed by atoms with Crippen molar-refractivity contribution in [3.05, 3.63) is 23.5 Å². The topological polar surface area (TPSA) is 59.0 Å². The number of hydroxylamine groups is 1. The molecular weight excluding hydrogens is 316 g/mol. The monoisotopic (exact) mass is 338 g/mol. The Labute approximate surface area is 141 Å². The Morgan fingerprint density at radius 2 is 2.17 bits per heavy atom. The standard InChI is InChI=1S/C16H23ClN4O2/c1-11(2)15-19-16(23-20-15)21-7-5-12(6-8-21)10-22-13-3-4-14(17)18-9-13/h3-4,9,11-12,16H,5-8,10H2,1-2H3,(H,19,20). The van der Waals surface area contributed by atoms with Gasteiger partial charge in [-0.05, 0) is 30.9 Å². The van der Waals surface area contributed by atoms with Crippen LogP contribution in [0, 0.1) is 11.8 Å². The number of hydrogen-bond donors (Lipinski definition) is 1.